The summed E-state index contributed by atoms with van der Waals surface area (Å²) in [5, 5.41) is 11.5. The standard InChI is InChI=1S/C9H12N2O/c1-8-6-9(2-3-11-8)7-10-4-5-12/h1-3,6,10,12H,4-5,7H2. The van der Waals surface area contributed by atoms with Gasteiger partial charge < -0.3 is 10.4 Å². The van der Waals surface area contributed by atoms with Crippen LogP contribution in [0.5, 0.6) is 0 Å². The highest BCUT2D eigenvalue weighted by Gasteiger charge is 1.92. The highest BCUT2D eigenvalue weighted by atomic mass is 16.3. The van der Waals surface area contributed by atoms with Crippen LogP contribution >= 0.6 is 0 Å². The molecule has 0 fully saturated rings. The summed E-state index contributed by atoms with van der Waals surface area (Å²) in [5.74, 6) is 0. The lowest BCUT2D eigenvalue weighted by Gasteiger charge is -2.02. The predicted molar refractivity (Wildman–Crippen MR) is 46.4 cm³/mol. The van der Waals surface area contributed by atoms with E-state index in [9.17, 15) is 0 Å². The van der Waals surface area contributed by atoms with Gasteiger partial charge in [0.25, 0.3) is 0 Å². The average Bonchev–Trinajstić information content (AvgIpc) is 2.05. The van der Waals surface area contributed by atoms with Crippen molar-refractivity contribution in [2.24, 2.45) is 0 Å². The number of nitrogens with zero attached hydrogens (tertiary/aromatic N) is 1. The minimum Gasteiger partial charge on any atom is -0.395 e. The minimum absolute atomic E-state index is 0.153. The molecule has 2 radical (unpaired) electrons. The van der Waals surface area contributed by atoms with Crippen molar-refractivity contribution >= 4 is 0 Å². The summed E-state index contributed by atoms with van der Waals surface area (Å²) in [4.78, 5) is 3.87. The largest absolute Gasteiger partial charge is 0.395 e. The lowest BCUT2D eigenvalue weighted by molar-refractivity contribution is 0.292. The van der Waals surface area contributed by atoms with Gasteiger partial charge in [0.2, 0.25) is 0 Å². The van der Waals surface area contributed by atoms with Crippen LogP contribution in [0.2, 0.25) is 0 Å². The first-order valence-electron chi connectivity index (χ1n) is 3.85. The molecule has 0 aliphatic rings. The zero-order valence-electron chi connectivity index (χ0n) is 6.83. The van der Waals surface area contributed by atoms with Gasteiger partial charge in [0.05, 0.1) is 6.61 Å². The molecule has 0 bridgehead atoms. The Kier molecular flexibility index (Phi) is 3.70. The van der Waals surface area contributed by atoms with Crippen molar-refractivity contribution in [3.8, 4) is 0 Å². The quantitative estimate of drug-likeness (QED) is 0.626. The Morgan fingerprint density at radius 3 is 3.08 bits per heavy atom. The van der Waals surface area contributed by atoms with Gasteiger partial charge in [-0.3, -0.25) is 4.98 Å². The summed E-state index contributed by atoms with van der Waals surface area (Å²) in [7, 11) is 0. The van der Waals surface area contributed by atoms with Crippen LogP contribution in [0.15, 0.2) is 18.3 Å². The van der Waals surface area contributed by atoms with E-state index < -0.39 is 0 Å². The zero-order valence-corrected chi connectivity index (χ0v) is 6.83. The highest BCUT2D eigenvalue weighted by Crippen LogP contribution is 1.99. The summed E-state index contributed by atoms with van der Waals surface area (Å²) < 4.78 is 0. The number of hydrogen-bond acceptors (Lipinski definition) is 3. The fourth-order valence-corrected chi connectivity index (χ4v) is 0.916. The molecule has 0 aliphatic carbocycles. The SMILES string of the molecule is [CH]c1cc(CNCCO)ccn1. The number of aliphatic hydroxyl groups excluding tert-OH is 1. The number of rotatable bonds is 4. The second-order valence-electron chi connectivity index (χ2n) is 2.49. The van der Waals surface area contributed by atoms with E-state index in [1.54, 1.807) is 6.20 Å². The Bertz CT molecular complexity index is 238. The van der Waals surface area contributed by atoms with Crippen LogP contribution in [0.3, 0.4) is 0 Å². The molecular formula is C9H12N2O. The van der Waals surface area contributed by atoms with Gasteiger partial charge in [0.1, 0.15) is 0 Å². The normalized spacial score (nSPS) is 10.2. The fourth-order valence-electron chi connectivity index (χ4n) is 0.916. The Labute approximate surface area is 72.5 Å². The van der Waals surface area contributed by atoms with Gasteiger partial charge >= 0.3 is 0 Å². The van der Waals surface area contributed by atoms with Crippen molar-refractivity contribution < 1.29 is 5.11 Å². The van der Waals surface area contributed by atoms with E-state index in [1.165, 1.54) is 0 Å². The first kappa shape index (κ1) is 9.16. The van der Waals surface area contributed by atoms with Crippen molar-refractivity contribution in [1.29, 1.82) is 0 Å². The van der Waals surface area contributed by atoms with Crippen molar-refractivity contribution in [3.05, 3.63) is 36.5 Å². The summed E-state index contributed by atoms with van der Waals surface area (Å²) in [5.41, 5.74) is 1.61. The molecule has 0 atom stereocenters. The van der Waals surface area contributed by atoms with Crippen LogP contribution in [0.4, 0.5) is 0 Å². The Hall–Kier alpha value is -0.930. The molecule has 1 heterocycles. The summed E-state index contributed by atoms with van der Waals surface area (Å²) in [6, 6.07) is 3.70. The highest BCUT2D eigenvalue weighted by molar-refractivity contribution is 5.17. The van der Waals surface area contributed by atoms with E-state index in [1.807, 2.05) is 12.1 Å². The molecule has 0 saturated heterocycles. The van der Waals surface area contributed by atoms with Gasteiger partial charge in [0, 0.05) is 31.9 Å². The number of hydrogen-bond donors (Lipinski definition) is 2. The van der Waals surface area contributed by atoms with Crippen LogP contribution < -0.4 is 5.32 Å². The third-order valence-corrected chi connectivity index (χ3v) is 1.46. The van der Waals surface area contributed by atoms with E-state index in [4.69, 9.17) is 12.0 Å². The molecule has 3 heteroatoms. The van der Waals surface area contributed by atoms with Crippen molar-refractivity contribution in [2.45, 2.75) is 6.54 Å². The molecule has 12 heavy (non-hydrogen) atoms. The topological polar surface area (TPSA) is 45.1 Å². The van der Waals surface area contributed by atoms with Crippen molar-refractivity contribution in [3.63, 3.8) is 0 Å². The third-order valence-electron chi connectivity index (χ3n) is 1.46. The predicted octanol–water partition coefficient (Wildman–Crippen LogP) is 0.223. The van der Waals surface area contributed by atoms with Crippen molar-refractivity contribution in [2.75, 3.05) is 13.2 Å². The van der Waals surface area contributed by atoms with E-state index in [0.717, 1.165) is 5.56 Å². The van der Waals surface area contributed by atoms with E-state index >= 15 is 0 Å². The second-order valence-corrected chi connectivity index (χ2v) is 2.49. The van der Waals surface area contributed by atoms with Gasteiger partial charge in [0.15, 0.2) is 0 Å². The average molecular weight is 164 g/mol. The molecular weight excluding hydrogens is 152 g/mol. The second kappa shape index (κ2) is 4.85. The molecule has 2 N–H and O–H groups in total. The number of aliphatic hydroxyl groups is 1. The lowest BCUT2D eigenvalue weighted by atomic mass is 10.2. The maximum atomic E-state index is 8.50. The molecule has 1 aromatic rings. The smallest absolute Gasteiger partial charge is 0.0556 e. The lowest BCUT2D eigenvalue weighted by Crippen LogP contribution is -2.17. The van der Waals surface area contributed by atoms with Gasteiger partial charge in [-0.1, -0.05) is 0 Å². The van der Waals surface area contributed by atoms with Gasteiger partial charge in [-0.15, -0.1) is 0 Å². The monoisotopic (exact) mass is 164 g/mol. The summed E-state index contributed by atoms with van der Waals surface area (Å²) >= 11 is 0. The Balaban J connectivity index is 2.41. The van der Waals surface area contributed by atoms with E-state index in [0.29, 0.717) is 18.8 Å². The molecule has 0 aromatic carbocycles. The van der Waals surface area contributed by atoms with Gasteiger partial charge in [-0.25, -0.2) is 0 Å². The van der Waals surface area contributed by atoms with Crippen LogP contribution in [-0.4, -0.2) is 23.2 Å². The van der Waals surface area contributed by atoms with Crippen LogP contribution in [0, 0.1) is 6.92 Å². The molecule has 0 spiro atoms. The minimum atomic E-state index is 0.153. The number of pyridine rings is 1. The van der Waals surface area contributed by atoms with Gasteiger partial charge in [-0.2, -0.15) is 0 Å². The maximum Gasteiger partial charge on any atom is 0.0556 e. The molecule has 0 aliphatic heterocycles. The maximum absolute atomic E-state index is 8.50. The van der Waals surface area contributed by atoms with E-state index in [2.05, 4.69) is 10.3 Å². The third kappa shape index (κ3) is 2.98. The Morgan fingerprint density at radius 2 is 2.42 bits per heavy atom. The molecule has 1 aromatic heterocycles. The number of nitrogens with one attached hydrogen (secondary N) is 1. The van der Waals surface area contributed by atoms with E-state index in [-0.39, 0.29) is 6.61 Å². The van der Waals surface area contributed by atoms with Crippen molar-refractivity contribution in [1.82, 2.24) is 10.3 Å². The van der Waals surface area contributed by atoms with Crippen LogP contribution in [-0.2, 0) is 6.54 Å². The molecule has 1 rings (SSSR count). The van der Waals surface area contributed by atoms with Crippen LogP contribution in [0.1, 0.15) is 11.3 Å². The molecule has 0 saturated carbocycles. The Morgan fingerprint density at radius 1 is 1.58 bits per heavy atom. The molecule has 0 amide bonds. The fraction of sp³-hybridized carbons (Fsp3) is 0.333. The summed E-state index contributed by atoms with van der Waals surface area (Å²) in [6.07, 6.45) is 1.67. The molecule has 3 nitrogen and oxygen atoms in total. The first-order valence-corrected chi connectivity index (χ1v) is 3.85. The van der Waals surface area contributed by atoms with Gasteiger partial charge in [-0.05, 0) is 17.7 Å². The van der Waals surface area contributed by atoms with Crippen LogP contribution in [0.25, 0.3) is 0 Å². The zero-order chi connectivity index (χ0) is 8.81. The first-order chi connectivity index (χ1) is 5.83. The molecule has 0 unspecified atom stereocenters. The molecule has 64 valence electrons. The number of aromatic nitrogens is 1. The summed E-state index contributed by atoms with van der Waals surface area (Å²) in [6.45, 7) is 6.94.